The molecule has 0 aliphatic carbocycles. The van der Waals surface area contributed by atoms with Crippen molar-refractivity contribution < 1.29 is 57.9 Å². The Morgan fingerprint density at radius 2 is 0.667 bits per heavy atom. The van der Waals surface area contributed by atoms with Crippen molar-refractivity contribution >= 4 is 47.5 Å². The Bertz CT molecular complexity index is 1680. The summed E-state index contributed by atoms with van der Waals surface area (Å²) in [7, 11) is 0. The zero-order valence-electron chi connectivity index (χ0n) is 38.2. The summed E-state index contributed by atoms with van der Waals surface area (Å²) in [4.78, 5) is 76.4. The lowest BCUT2D eigenvalue weighted by atomic mass is 9.97. The molecule has 0 saturated heterocycles. The van der Waals surface area contributed by atoms with E-state index in [4.69, 9.17) is 18.9 Å². The van der Waals surface area contributed by atoms with Crippen LogP contribution in [0, 0.1) is 0 Å². The van der Waals surface area contributed by atoms with E-state index in [1.54, 1.807) is 96.9 Å². The van der Waals surface area contributed by atoms with Crippen LogP contribution in [-0.4, -0.2) is 90.8 Å². The molecule has 0 aromatic heterocycles. The van der Waals surface area contributed by atoms with Crippen molar-refractivity contribution in [2.45, 2.75) is 158 Å². The van der Waals surface area contributed by atoms with E-state index < -0.39 is 70.8 Å². The molecule has 60 heavy (non-hydrogen) atoms. The molecular formula is C46H66N2O12. The molecule has 14 heteroatoms. The average molecular weight is 839 g/mol. The average Bonchev–Trinajstić information content (AvgIpc) is 3.08. The van der Waals surface area contributed by atoms with E-state index in [2.05, 4.69) is 0 Å². The number of hydrogen-bond donors (Lipinski definition) is 2. The van der Waals surface area contributed by atoms with Crippen LogP contribution in [0.4, 0.5) is 19.2 Å². The Morgan fingerprint density at radius 1 is 0.450 bits per heavy atom. The number of hydrogen-bond acceptors (Lipinski definition) is 10. The maximum atomic E-state index is 12.8. The number of carboxylic acids is 2. The summed E-state index contributed by atoms with van der Waals surface area (Å²) in [6.07, 6.45) is -4.37. The molecule has 0 fully saturated rings. The van der Waals surface area contributed by atoms with Crippen LogP contribution >= 0.6 is 0 Å². The Morgan fingerprint density at radius 3 is 0.850 bits per heavy atom. The fourth-order valence-electron chi connectivity index (χ4n) is 5.24. The van der Waals surface area contributed by atoms with E-state index in [1.165, 1.54) is 0 Å². The molecule has 332 valence electrons. The first-order chi connectivity index (χ1) is 27.2. The van der Waals surface area contributed by atoms with Crippen LogP contribution in [0.2, 0.25) is 0 Å². The highest BCUT2D eigenvalue weighted by Crippen LogP contribution is 2.27. The van der Waals surface area contributed by atoms with Crippen molar-refractivity contribution in [3.63, 3.8) is 0 Å². The maximum absolute atomic E-state index is 12.8. The van der Waals surface area contributed by atoms with Gasteiger partial charge in [-0.05, 0) is 133 Å². The Kier molecular flexibility index (Phi) is 18.8. The van der Waals surface area contributed by atoms with Crippen LogP contribution in [0.15, 0.2) is 71.8 Å². The highest BCUT2D eigenvalue weighted by Gasteiger charge is 2.42. The van der Waals surface area contributed by atoms with Gasteiger partial charge in [0.15, 0.2) is 0 Å². The van der Waals surface area contributed by atoms with Crippen molar-refractivity contribution in [2.24, 2.45) is 0 Å². The van der Waals surface area contributed by atoms with Crippen molar-refractivity contribution in [2.75, 3.05) is 0 Å². The third-order valence-corrected chi connectivity index (χ3v) is 8.25. The van der Waals surface area contributed by atoms with Crippen LogP contribution < -0.4 is 0 Å². The van der Waals surface area contributed by atoms with E-state index in [-0.39, 0.29) is 12.8 Å². The minimum atomic E-state index is -1.48. The number of amides is 4. The number of carbonyl (C=O) groups is 6. The molecule has 0 saturated carbocycles. The normalized spacial score (nSPS) is 13.7. The van der Waals surface area contributed by atoms with Gasteiger partial charge in [0.2, 0.25) is 0 Å². The van der Waals surface area contributed by atoms with E-state index in [1.807, 2.05) is 74.5 Å². The molecule has 2 aromatic rings. The molecule has 0 spiro atoms. The van der Waals surface area contributed by atoms with Crippen molar-refractivity contribution in [3.05, 3.63) is 82.9 Å². The molecule has 0 aliphatic heterocycles. The molecule has 2 rings (SSSR count). The second kappa shape index (κ2) is 21.6. The molecule has 0 radical (unpaired) electrons. The molecule has 0 unspecified atom stereocenters. The summed E-state index contributed by atoms with van der Waals surface area (Å²) in [5.41, 5.74) is 1.41. The molecule has 2 N–H and O–H groups in total. The number of imide groups is 2. The zero-order chi connectivity index (χ0) is 46.6. The van der Waals surface area contributed by atoms with E-state index in [0.717, 1.165) is 33.4 Å². The van der Waals surface area contributed by atoms with Gasteiger partial charge in [-0.25, -0.2) is 28.8 Å². The van der Waals surface area contributed by atoms with Crippen LogP contribution in [0.1, 0.15) is 135 Å². The first kappa shape index (κ1) is 52.4. The molecule has 14 nitrogen and oxygen atoms in total. The number of allylic oxidation sites excluding steroid dienone is 2. The summed E-state index contributed by atoms with van der Waals surface area (Å²) in [5, 5.41) is 19.7. The largest absolute Gasteiger partial charge is 0.480 e. The second-order valence-electron chi connectivity index (χ2n) is 18.3. The monoisotopic (exact) mass is 838 g/mol. The lowest BCUT2D eigenvalue weighted by Gasteiger charge is -2.32. The highest BCUT2D eigenvalue weighted by molar-refractivity contribution is 5.95. The number of rotatable bonds is 10. The number of carbonyl (C=O) groups excluding carboxylic acids is 4. The minimum absolute atomic E-state index is 0.0610. The number of ether oxygens (including phenoxy) is 4. The standard InChI is InChI=1S/2C23H33NO6/c2*1-15(16(2)17-12-10-9-11-13-17)14-18(19(25)26)24(20(27)29-22(3,4)5)21(28)30-23(6,7)8/h2*9-13,18H,14H2,1-8H3,(H,25,26)/b16-15+;16-15-/t2*18-/m00/s1. The molecule has 0 bridgehead atoms. The predicted octanol–water partition coefficient (Wildman–Crippen LogP) is 11.0. The number of benzene rings is 2. The van der Waals surface area contributed by atoms with Gasteiger partial charge in [0.05, 0.1) is 0 Å². The van der Waals surface area contributed by atoms with E-state index in [0.29, 0.717) is 9.80 Å². The van der Waals surface area contributed by atoms with Crippen molar-refractivity contribution in [1.29, 1.82) is 0 Å². The lowest BCUT2D eigenvalue weighted by molar-refractivity contribution is -0.143. The second-order valence-corrected chi connectivity index (χ2v) is 18.3. The van der Waals surface area contributed by atoms with Gasteiger partial charge in [-0.2, -0.15) is 9.80 Å². The topological polar surface area (TPSA) is 186 Å². The molecule has 2 atom stereocenters. The highest BCUT2D eigenvalue weighted by atomic mass is 16.6. The summed E-state index contributed by atoms with van der Waals surface area (Å²) in [6, 6.07) is 16.0. The van der Waals surface area contributed by atoms with Crippen molar-refractivity contribution in [3.8, 4) is 0 Å². The zero-order valence-corrected chi connectivity index (χ0v) is 38.2. The van der Waals surface area contributed by atoms with Gasteiger partial charge < -0.3 is 29.2 Å². The van der Waals surface area contributed by atoms with Gasteiger partial charge in [-0.3, -0.25) is 0 Å². The summed E-state index contributed by atoms with van der Waals surface area (Å²) >= 11 is 0. The number of aliphatic carboxylic acids is 2. The Labute approximate surface area is 355 Å². The SMILES string of the molecule is C/C(C[C@@H](C(=O)O)N(C(=O)OC(C)(C)C)C(=O)OC(C)(C)C)=C(/C)c1ccccc1.C/C(C[C@@H](C(=O)O)N(C(=O)OC(C)(C)C)C(=O)OC(C)(C)C)=C(\C)c1ccccc1. The van der Waals surface area contributed by atoms with E-state index in [9.17, 15) is 39.0 Å². The van der Waals surface area contributed by atoms with E-state index >= 15 is 0 Å². The van der Waals surface area contributed by atoms with Crippen LogP contribution in [0.25, 0.3) is 11.1 Å². The number of nitrogens with zero attached hydrogens (tertiary/aromatic N) is 2. The molecule has 4 amide bonds. The molecule has 0 heterocycles. The molecule has 0 aliphatic rings. The van der Waals surface area contributed by atoms with Gasteiger partial charge in [-0.1, -0.05) is 71.8 Å². The van der Waals surface area contributed by atoms with Gasteiger partial charge in [0.1, 0.15) is 34.5 Å². The quantitative estimate of drug-likeness (QED) is 0.216. The molecule has 2 aromatic carbocycles. The fraction of sp³-hybridized carbons (Fsp3) is 0.522. The summed E-state index contributed by atoms with van der Waals surface area (Å²) in [5.74, 6) is -2.65. The summed E-state index contributed by atoms with van der Waals surface area (Å²) < 4.78 is 21.2. The molecular weight excluding hydrogens is 773 g/mol. The van der Waals surface area contributed by atoms with Gasteiger partial charge in [-0.15, -0.1) is 0 Å². The Hall–Kier alpha value is -5.66. The number of carboxylic acid groups (broad SMARTS) is 2. The van der Waals surface area contributed by atoms with Crippen molar-refractivity contribution in [1.82, 2.24) is 9.80 Å². The Balaban J connectivity index is 0.000000600. The summed E-state index contributed by atoms with van der Waals surface area (Å²) in [6.45, 7) is 26.9. The first-order valence-electron chi connectivity index (χ1n) is 19.6. The predicted molar refractivity (Wildman–Crippen MR) is 230 cm³/mol. The third kappa shape index (κ3) is 18.5. The third-order valence-electron chi connectivity index (χ3n) is 8.25. The minimum Gasteiger partial charge on any atom is -0.480 e. The maximum Gasteiger partial charge on any atom is 0.420 e. The van der Waals surface area contributed by atoms with Gasteiger partial charge >= 0.3 is 36.3 Å². The van der Waals surface area contributed by atoms with Gasteiger partial charge in [0, 0.05) is 12.8 Å². The van der Waals surface area contributed by atoms with Crippen LogP contribution in [-0.2, 0) is 28.5 Å². The fourth-order valence-corrected chi connectivity index (χ4v) is 5.24. The first-order valence-corrected chi connectivity index (χ1v) is 19.6. The van der Waals surface area contributed by atoms with Gasteiger partial charge in [0.25, 0.3) is 0 Å². The van der Waals surface area contributed by atoms with Crippen LogP contribution in [0.3, 0.4) is 0 Å². The lowest BCUT2D eigenvalue weighted by Crippen LogP contribution is -2.52. The van der Waals surface area contributed by atoms with Crippen LogP contribution in [0.5, 0.6) is 0 Å². The smallest absolute Gasteiger partial charge is 0.420 e.